The van der Waals surface area contributed by atoms with E-state index < -0.39 is 11.9 Å². The zero-order valence-electron chi connectivity index (χ0n) is 33.1. The molecule has 0 aromatic heterocycles. The Morgan fingerprint density at radius 3 is 1.02 bits per heavy atom. The van der Waals surface area contributed by atoms with Gasteiger partial charge < -0.3 is 9.47 Å². The lowest BCUT2D eigenvalue weighted by molar-refractivity contribution is -0.153. The van der Waals surface area contributed by atoms with Gasteiger partial charge in [-0.05, 0) is 87.2 Å². The molecule has 4 nitrogen and oxygen atoms in total. The molecule has 0 fully saturated rings. The molecule has 0 spiro atoms. The second-order valence-electron chi connectivity index (χ2n) is 16.4. The fourth-order valence-corrected chi connectivity index (χ4v) is 6.39. The quantitative estimate of drug-likeness (QED) is 0.0437. The Balaban J connectivity index is 3.93. The van der Waals surface area contributed by atoms with Crippen molar-refractivity contribution in [1.29, 1.82) is 0 Å². The van der Waals surface area contributed by atoms with Gasteiger partial charge in [0.25, 0.3) is 0 Å². The first kappa shape index (κ1) is 45.4. The highest BCUT2D eigenvalue weighted by atomic mass is 16.6. The Bertz CT molecular complexity index is 771. The third-order valence-electron chi connectivity index (χ3n) is 9.92. The minimum absolute atomic E-state index is 0.219. The zero-order chi connectivity index (χ0) is 35.5. The van der Waals surface area contributed by atoms with Gasteiger partial charge in [-0.1, -0.05) is 156 Å². The third-order valence-corrected chi connectivity index (χ3v) is 9.92. The Morgan fingerprint density at radius 2 is 0.723 bits per heavy atom. The monoisotopic (exact) mass is 661 g/mol. The Morgan fingerprint density at radius 1 is 0.447 bits per heavy atom. The predicted molar refractivity (Wildman–Crippen MR) is 203 cm³/mol. The van der Waals surface area contributed by atoms with E-state index in [2.05, 4.69) is 69.2 Å². The van der Waals surface area contributed by atoms with Crippen LogP contribution in [-0.4, -0.2) is 25.2 Å². The fraction of sp³-hybridized carbons (Fsp3) is 0.860. The van der Waals surface area contributed by atoms with Crippen LogP contribution in [0.2, 0.25) is 0 Å². The molecule has 0 heterocycles. The van der Waals surface area contributed by atoms with Crippen LogP contribution >= 0.6 is 0 Å². The molecule has 0 aromatic rings. The maximum absolute atomic E-state index is 12.1. The summed E-state index contributed by atoms with van der Waals surface area (Å²) in [6.45, 7) is 23.5. The van der Waals surface area contributed by atoms with Gasteiger partial charge in [0.2, 0.25) is 0 Å². The molecule has 276 valence electrons. The lowest BCUT2D eigenvalue weighted by Crippen LogP contribution is -2.14. The molecule has 0 rings (SSSR count). The maximum atomic E-state index is 12.1. The summed E-state index contributed by atoms with van der Waals surface area (Å²) < 4.78 is 10.5. The van der Waals surface area contributed by atoms with Gasteiger partial charge in [-0.15, -0.1) is 0 Å². The first-order valence-corrected chi connectivity index (χ1v) is 19.9. The van der Waals surface area contributed by atoms with E-state index in [9.17, 15) is 9.59 Å². The number of allylic oxidation sites excluding steroid dienone is 2. The van der Waals surface area contributed by atoms with Crippen molar-refractivity contribution in [2.75, 3.05) is 13.2 Å². The highest BCUT2D eigenvalue weighted by molar-refractivity contribution is 5.91. The number of hydrogen-bond acceptors (Lipinski definition) is 4. The van der Waals surface area contributed by atoms with Crippen molar-refractivity contribution in [2.45, 2.75) is 191 Å². The number of rotatable bonds is 30. The van der Waals surface area contributed by atoms with Gasteiger partial charge in [0.1, 0.15) is 19.6 Å². The summed E-state index contributed by atoms with van der Waals surface area (Å²) in [4.78, 5) is 24.2. The van der Waals surface area contributed by atoms with Crippen LogP contribution in [0.25, 0.3) is 0 Å². The lowest BCUT2D eigenvalue weighted by Gasteiger charge is -2.15. The van der Waals surface area contributed by atoms with Gasteiger partial charge in [0.05, 0.1) is 0 Å². The van der Waals surface area contributed by atoms with Gasteiger partial charge in [-0.2, -0.15) is 0 Å². The van der Waals surface area contributed by atoms with E-state index in [0.29, 0.717) is 0 Å². The van der Waals surface area contributed by atoms with Crippen LogP contribution in [0, 0.1) is 35.5 Å². The van der Waals surface area contributed by atoms with Crippen LogP contribution in [-0.2, 0) is 19.1 Å². The molecule has 4 heteroatoms. The van der Waals surface area contributed by atoms with E-state index >= 15 is 0 Å². The second kappa shape index (κ2) is 29.3. The van der Waals surface area contributed by atoms with Gasteiger partial charge in [-0.25, -0.2) is 0 Å². The van der Waals surface area contributed by atoms with E-state index in [4.69, 9.17) is 9.47 Å². The molecule has 0 unspecified atom stereocenters. The number of ether oxygens (including phenoxy) is 2. The average Bonchev–Trinajstić information content (AvgIpc) is 2.96. The fourth-order valence-electron chi connectivity index (χ4n) is 6.39. The topological polar surface area (TPSA) is 52.6 Å². The number of carbonyl (C=O) groups excluding carboxylic acids is 2. The molecule has 0 bridgehead atoms. The summed E-state index contributed by atoms with van der Waals surface area (Å²) in [6.07, 6.45) is 26.7. The molecule has 0 saturated carbocycles. The first-order valence-electron chi connectivity index (χ1n) is 19.9. The van der Waals surface area contributed by atoms with Gasteiger partial charge in [0.15, 0.2) is 0 Å². The molecule has 0 aromatic carbocycles. The molecule has 0 saturated heterocycles. The van der Waals surface area contributed by atoms with Crippen LogP contribution < -0.4 is 0 Å². The second-order valence-corrected chi connectivity index (χ2v) is 16.4. The van der Waals surface area contributed by atoms with Crippen molar-refractivity contribution in [1.82, 2.24) is 0 Å². The lowest BCUT2D eigenvalue weighted by atomic mass is 9.91. The van der Waals surface area contributed by atoms with Crippen molar-refractivity contribution in [3.63, 3.8) is 0 Å². The normalized spacial score (nSPS) is 15.1. The molecule has 47 heavy (non-hydrogen) atoms. The van der Waals surface area contributed by atoms with Crippen LogP contribution in [0.3, 0.4) is 0 Å². The Labute approximate surface area is 293 Å². The summed E-state index contributed by atoms with van der Waals surface area (Å²) in [5.41, 5.74) is 2.48. The van der Waals surface area contributed by atoms with Gasteiger partial charge in [-0.3, -0.25) is 9.59 Å². The summed E-state index contributed by atoms with van der Waals surface area (Å²) >= 11 is 0. The maximum Gasteiger partial charge on any atom is 0.317 e. The minimum atomic E-state index is -0.522. The average molecular weight is 661 g/mol. The van der Waals surface area contributed by atoms with Crippen LogP contribution in [0.4, 0.5) is 0 Å². The first-order chi connectivity index (χ1) is 22.3. The highest BCUT2D eigenvalue weighted by Crippen LogP contribution is 2.23. The SMILES string of the molecule is C/C(=C\COC(=O)CC(=O)OC/C=C(\C)CCC[C@H](C)CCC[C@H](C)CCCC(C)C)CCC[C@H](C)CCC[C@H](C)CCCC(C)C. The van der Waals surface area contributed by atoms with Crippen molar-refractivity contribution < 1.29 is 19.1 Å². The smallest absolute Gasteiger partial charge is 0.317 e. The van der Waals surface area contributed by atoms with E-state index in [-0.39, 0.29) is 19.6 Å². The third kappa shape index (κ3) is 31.4. The molecule has 0 radical (unpaired) electrons. The predicted octanol–water partition coefficient (Wildman–Crippen LogP) is 13.2. The van der Waals surface area contributed by atoms with Crippen LogP contribution in [0.15, 0.2) is 23.3 Å². The molecular formula is C43H80O4. The van der Waals surface area contributed by atoms with E-state index in [1.807, 2.05) is 12.2 Å². The summed E-state index contributed by atoms with van der Waals surface area (Å²) in [6, 6.07) is 0. The number of esters is 2. The zero-order valence-corrected chi connectivity index (χ0v) is 33.1. The molecule has 4 atom stereocenters. The van der Waals surface area contributed by atoms with Crippen molar-refractivity contribution in [3.05, 3.63) is 23.3 Å². The van der Waals surface area contributed by atoms with Crippen molar-refractivity contribution >= 4 is 11.9 Å². The molecule has 0 aliphatic rings. The molecule has 0 aliphatic heterocycles. The number of hydrogen-bond donors (Lipinski definition) is 0. The van der Waals surface area contributed by atoms with Gasteiger partial charge in [0, 0.05) is 0 Å². The summed E-state index contributed by atoms with van der Waals surface area (Å²) in [5.74, 6) is 3.82. The number of carbonyl (C=O) groups is 2. The van der Waals surface area contributed by atoms with E-state index in [1.165, 1.54) is 101 Å². The van der Waals surface area contributed by atoms with E-state index in [1.54, 1.807) is 0 Å². The highest BCUT2D eigenvalue weighted by Gasteiger charge is 2.12. The van der Waals surface area contributed by atoms with Crippen LogP contribution in [0.5, 0.6) is 0 Å². The largest absolute Gasteiger partial charge is 0.461 e. The molecule has 0 amide bonds. The van der Waals surface area contributed by atoms with E-state index in [0.717, 1.165) is 61.2 Å². The summed E-state index contributed by atoms with van der Waals surface area (Å²) in [7, 11) is 0. The van der Waals surface area contributed by atoms with Crippen molar-refractivity contribution in [3.8, 4) is 0 Å². The minimum Gasteiger partial charge on any atom is -0.461 e. The summed E-state index contributed by atoms with van der Waals surface area (Å²) in [5, 5.41) is 0. The van der Waals surface area contributed by atoms with Gasteiger partial charge >= 0.3 is 11.9 Å². The van der Waals surface area contributed by atoms with Crippen LogP contribution in [0.1, 0.15) is 191 Å². The molecular weight excluding hydrogens is 580 g/mol. The van der Waals surface area contributed by atoms with Crippen molar-refractivity contribution in [2.24, 2.45) is 35.5 Å². The Kier molecular flexibility index (Phi) is 28.4. The standard InChI is InChI=1S/C43H80O4/c1-34(2)17-11-19-36(5)21-13-23-38(7)25-15-27-40(9)29-31-46-42(44)33-43(45)47-32-30-41(10)28-16-26-39(8)24-14-22-37(6)20-12-18-35(3)4/h29-30,34-39H,11-28,31-33H2,1-10H3/b40-29+,41-30+/t36-,37-,38-,39-/m1/s1. The molecule has 0 aliphatic carbocycles. The molecule has 0 N–H and O–H groups in total. The Hall–Kier alpha value is -1.58.